The van der Waals surface area contributed by atoms with Crippen LogP contribution in [0.1, 0.15) is 65.7 Å². The zero-order valence-corrected chi connectivity index (χ0v) is 16.6. The SMILES string of the molecule is C/C=C\N=C/CC(C)(CCNC/C=C/N)CC(CCCCC)OS. The number of unbranched alkanes of at least 4 members (excludes halogenated alkanes) is 2. The molecule has 0 aromatic rings. The smallest absolute Gasteiger partial charge is 0.0724 e. The highest BCUT2D eigenvalue weighted by atomic mass is 32.1. The molecular weight excluding hydrogens is 318 g/mol. The predicted molar refractivity (Wildman–Crippen MR) is 109 cm³/mol. The fraction of sp³-hybridized carbons (Fsp3) is 0.737. The lowest BCUT2D eigenvalue weighted by Gasteiger charge is -2.32. The molecule has 0 spiro atoms. The van der Waals surface area contributed by atoms with E-state index in [1.807, 2.05) is 31.5 Å². The van der Waals surface area contributed by atoms with Crippen molar-refractivity contribution in [3.63, 3.8) is 0 Å². The molecule has 0 saturated carbocycles. The molecule has 24 heavy (non-hydrogen) atoms. The van der Waals surface area contributed by atoms with Crippen LogP contribution in [-0.4, -0.2) is 25.4 Å². The second-order valence-electron chi connectivity index (χ2n) is 6.64. The maximum absolute atomic E-state index is 5.45. The number of rotatable bonds is 15. The summed E-state index contributed by atoms with van der Waals surface area (Å²) in [4.78, 5) is 4.33. The molecule has 2 unspecified atom stereocenters. The number of allylic oxidation sites excluding steroid dienone is 1. The third-order valence-electron chi connectivity index (χ3n) is 4.23. The zero-order valence-electron chi connectivity index (χ0n) is 15.7. The highest BCUT2D eigenvalue weighted by Crippen LogP contribution is 2.33. The molecule has 0 aromatic carbocycles. The average Bonchev–Trinajstić information content (AvgIpc) is 2.58. The lowest BCUT2D eigenvalue weighted by Crippen LogP contribution is -2.29. The summed E-state index contributed by atoms with van der Waals surface area (Å²) in [6.45, 7) is 8.27. The number of nitrogens with one attached hydrogen (secondary N) is 1. The van der Waals surface area contributed by atoms with E-state index < -0.39 is 0 Å². The van der Waals surface area contributed by atoms with Gasteiger partial charge in [-0.25, -0.2) is 0 Å². The topological polar surface area (TPSA) is 59.6 Å². The monoisotopic (exact) mass is 355 g/mol. The van der Waals surface area contributed by atoms with Gasteiger partial charge in [-0.2, -0.15) is 0 Å². The number of hydrogen-bond donors (Lipinski definition) is 3. The molecule has 2 atom stereocenters. The van der Waals surface area contributed by atoms with Crippen LogP contribution in [0.15, 0.2) is 29.5 Å². The van der Waals surface area contributed by atoms with Crippen molar-refractivity contribution in [2.75, 3.05) is 13.1 Å². The molecule has 0 fully saturated rings. The van der Waals surface area contributed by atoms with E-state index in [9.17, 15) is 0 Å². The van der Waals surface area contributed by atoms with Crippen molar-refractivity contribution in [1.29, 1.82) is 0 Å². The van der Waals surface area contributed by atoms with Crippen molar-refractivity contribution in [3.05, 3.63) is 24.6 Å². The summed E-state index contributed by atoms with van der Waals surface area (Å²) in [6, 6.07) is 0. The molecular formula is C19H37N3OS. The van der Waals surface area contributed by atoms with Crippen molar-refractivity contribution < 1.29 is 4.18 Å². The summed E-state index contributed by atoms with van der Waals surface area (Å²) < 4.78 is 5.45. The van der Waals surface area contributed by atoms with Crippen LogP contribution in [0, 0.1) is 5.41 Å². The quantitative estimate of drug-likeness (QED) is 0.174. The number of thiol groups is 1. The lowest BCUT2D eigenvalue weighted by atomic mass is 9.78. The summed E-state index contributed by atoms with van der Waals surface area (Å²) in [5.41, 5.74) is 5.51. The summed E-state index contributed by atoms with van der Waals surface area (Å²) in [5, 5.41) is 3.40. The van der Waals surface area contributed by atoms with E-state index in [2.05, 4.69) is 37.1 Å². The van der Waals surface area contributed by atoms with Gasteiger partial charge in [0.1, 0.15) is 0 Å². The third kappa shape index (κ3) is 12.6. The zero-order chi connectivity index (χ0) is 18.1. The Balaban J connectivity index is 4.61. The Morgan fingerprint density at radius 1 is 1.38 bits per heavy atom. The number of nitrogens with zero attached hydrogens (tertiary/aromatic N) is 1. The predicted octanol–water partition coefficient (Wildman–Crippen LogP) is 4.64. The van der Waals surface area contributed by atoms with Gasteiger partial charge in [0.2, 0.25) is 0 Å². The van der Waals surface area contributed by atoms with Crippen LogP contribution >= 0.6 is 12.9 Å². The molecule has 0 aromatic heterocycles. The molecule has 4 nitrogen and oxygen atoms in total. The molecule has 0 amide bonds. The molecule has 0 heterocycles. The summed E-state index contributed by atoms with van der Waals surface area (Å²) >= 11 is 4.11. The second kappa shape index (κ2) is 15.7. The van der Waals surface area contributed by atoms with Crippen molar-refractivity contribution in [3.8, 4) is 0 Å². The normalized spacial score (nSPS) is 16.3. The first kappa shape index (κ1) is 23.2. The van der Waals surface area contributed by atoms with Gasteiger partial charge >= 0.3 is 0 Å². The van der Waals surface area contributed by atoms with Crippen molar-refractivity contribution in [1.82, 2.24) is 5.32 Å². The summed E-state index contributed by atoms with van der Waals surface area (Å²) in [7, 11) is 0. The Morgan fingerprint density at radius 2 is 2.17 bits per heavy atom. The van der Waals surface area contributed by atoms with E-state index in [0.717, 1.165) is 38.8 Å². The van der Waals surface area contributed by atoms with Crippen molar-refractivity contribution in [2.24, 2.45) is 16.1 Å². The Kier molecular flexibility index (Phi) is 15.2. The third-order valence-corrected chi connectivity index (χ3v) is 4.53. The van der Waals surface area contributed by atoms with Crippen LogP contribution < -0.4 is 11.1 Å². The lowest BCUT2D eigenvalue weighted by molar-refractivity contribution is 0.137. The number of hydrogen-bond acceptors (Lipinski definition) is 5. The first-order chi connectivity index (χ1) is 11.6. The maximum atomic E-state index is 5.45. The minimum atomic E-state index is 0.143. The van der Waals surface area contributed by atoms with E-state index in [1.165, 1.54) is 19.3 Å². The molecule has 0 rings (SSSR count). The molecule has 3 N–H and O–H groups in total. The molecule has 0 aliphatic carbocycles. The van der Waals surface area contributed by atoms with Crippen molar-refractivity contribution in [2.45, 2.75) is 71.8 Å². The van der Waals surface area contributed by atoms with E-state index in [1.54, 1.807) is 6.20 Å². The van der Waals surface area contributed by atoms with E-state index in [4.69, 9.17) is 9.92 Å². The largest absolute Gasteiger partial charge is 0.405 e. The van der Waals surface area contributed by atoms with Gasteiger partial charge in [0.25, 0.3) is 0 Å². The maximum Gasteiger partial charge on any atom is 0.0724 e. The standard InChI is InChI=1S/C19H37N3OS/c1-4-6-7-9-18(23-24)17-19(3,10-15-21-13-5-2)11-16-22-14-8-12-20/h5,8,12-13,15,18,22,24H,4,6-7,9-11,14,16-17,20H2,1-3H3/b12-8+,13-5-,21-15-. The Labute approximate surface area is 154 Å². The minimum absolute atomic E-state index is 0.143. The molecule has 0 bridgehead atoms. The second-order valence-corrected chi connectivity index (χ2v) is 6.85. The Bertz CT molecular complexity index is 372. The van der Waals surface area contributed by atoms with E-state index in [0.29, 0.717) is 0 Å². The summed E-state index contributed by atoms with van der Waals surface area (Å²) in [6.07, 6.45) is 17.2. The molecule has 0 radical (unpaired) electrons. The van der Waals surface area contributed by atoms with Gasteiger partial charge < -0.3 is 15.2 Å². The number of aliphatic imine (C=N–C) groups is 1. The van der Waals surface area contributed by atoms with E-state index >= 15 is 0 Å². The first-order valence-corrected chi connectivity index (χ1v) is 9.49. The first-order valence-electron chi connectivity index (χ1n) is 9.12. The van der Waals surface area contributed by atoms with Crippen LogP contribution in [-0.2, 0) is 4.18 Å². The highest BCUT2D eigenvalue weighted by Gasteiger charge is 2.27. The van der Waals surface area contributed by atoms with Gasteiger partial charge in [-0.3, -0.25) is 4.99 Å². The Hall–Kier alpha value is -0.780. The minimum Gasteiger partial charge on any atom is -0.405 e. The van der Waals surface area contributed by atoms with Crippen LogP contribution in [0.2, 0.25) is 0 Å². The Morgan fingerprint density at radius 3 is 2.79 bits per heavy atom. The molecule has 140 valence electrons. The number of nitrogens with two attached hydrogens (primary N) is 1. The van der Waals surface area contributed by atoms with Crippen LogP contribution in [0.5, 0.6) is 0 Å². The van der Waals surface area contributed by atoms with Gasteiger partial charge in [-0.05, 0) is 63.7 Å². The van der Waals surface area contributed by atoms with Gasteiger partial charge in [-0.1, -0.05) is 45.3 Å². The molecule has 0 saturated heterocycles. The molecule has 5 heteroatoms. The van der Waals surface area contributed by atoms with Crippen LogP contribution in [0.4, 0.5) is 0 Å². The van der Waals surface area contributed by atoms with Gasteiger partial charge in [0, 0.05) is 19.0 Å². The molecule has 0 aliphatic rings. The van der Waals surface area contributed by atoms with Gasteiger partial charge in [0.15, 0.2) is 0 Å². The fourth-order valence-electron chi connectivity index (χ4n) is 2.71. The molecule has 0 aliphatic heterocycles. The highest BCUT2D eigenvalue weighted by molar-refractivity contribution is 7.75. The van der Waals surface area contributed by atoms with Gasteiger partial charge in [0.05, 0.1) is 6.10 Å². The van der Waals surface area contributed by atoms with Crippen molar-refractivity contribution >= 4 is 19.1 Å². The fourth-order valence-corrected chi connectivity index (χ4v) is 2.89. The van der Waals surface area contributed by atoms with Crippen LogP contribution in [0.3, 0.4) is 0 Å². The average molecular weight is 356 g/mol. The van der Waals surface area contributed by atoms with Gasteiger partial charge in [-0.15, -0.1) is 0 Å². The van der Waals surface area contributed by atoms with Crippen LogP contribution in [0.25, 0.3) is 0 Å². The van der Waals surface area contributed by atoms with E-state index in [-0.39, 0.29) is 11.5 Å². The summed E-state index contributed by atoms with van der Waals surface area (Å²) in [5.74, 6) is 0.